The Morgan fingerprint density at radius 2 is 2.00 bits per heavy atom. The molecule has 0 aromatic heterocycles. The molecule has 0 aliphatic carbocycles. The van der Waals surface area contributed by atoms with Crippen LogP contribution in [0.15, 0.2) is 5.57 Å². The molecule has 0 bridgehead atoms. The monoisotopic (exact) mass is 141 g/mol. The third-order valence-corrected chi connectivity index (χ3v) is 0.875. The Morgan fingerprint density at radius 1 is 1.50 bits per heavy atom. The van der Waals surface area contributed by atoms with Crippen molar-refractivity contribution in [3.05, 3.63) is 12.2 Å². The number of Topliss-reactive ketones (excluding diaryl/α,β-unsaturated/α-hetero) is 1. The zero-order valence-electron chi connectivity index (χ0n) is 6.01. The summed E-state index contributed by atoms with van der Waals surface area (Å²) in [7, 11) is 0. The number of carbonyl (C=O) groups excluding carboxylic acids is 2. The third kappa shape index (κ3) is 2.44. The number of hydrogen-bond acceptors (Lipinski definition) is 3. The van der Waals surface area contributed by atoms with Gasteiger partial charge in [-0.05, 0) is 20.4 Å². The molecule has 1 radical (unpaired) electrons. The van der Waals surface area contributed by atoms with E-state index in [2.05, 4.69) is 4.74 Å². The molecule has 3 heteroatoms. The van der Waals surface area contributed by atoms with Crippen LogP contribution >= 0.6 is 0 Å². The first-order chi connectivity index (χ1) is 4.59. The van der Waals surface area contributed by atoms with Gasteiger partial charge in [0.1, 0.15) is 5.57 Å². The van der Waals surface area contributed by atoms with E-state index in [0.29, 0.717) is 0 Å². The number of hydrogen-bond donors (Lipinski definition) is 0. The van der Waals surface area contributed by atoms with Gasteiger partial charge in [-0.25, -0.2) is 4.79 Å². The lowest BCUT2D eigenvalue weighted by Crippen LogP contribution is -2.12. The highest BCUT2D eigenvalue weighted by atomic mass is 16.5. The molecule has 0 aliphatic rings. The zero-order valence-corrected chi connectivity index (χ0v) is 6.01. The van der Waals surface area contributed by atoms with Crippen LogP contribution in [0.2, 0.25) is 0 Å². The van der Waals surface area contributed by atoms with Gasteiger partial charge in [0.15, 0.2) is 5.78 Å². The summed E-state index contributed by atoms with van der Waals surface area (Å²) in [5, 5.41) is 0. The van der Waals surface area contributed by atoms with Crippen LogP contribution in [0.1, 0.15) is 13.8 Å². The van der Waals surface area contributed by atoms with Crippen LogP contribution in [0, 0.1) is 6.58 Å². The van der Waals surface area contributed by atoms with Gasteiger partial charge in [-0.1, -0.05) is 0 Å². The second-order valence-electron chi connectivity index (χ2n) is 1.69. The molecule has 0 saturated carbocycles. The summed E-state index contributed by atoms with van der Waals surface area (Å²) >= 11 is 0. The van der Waals surface area contributed by atoms with Gasteiger partial charge in [-0.3, -0.25) is 4.79 Å². The Balaban J connectivity index is 3.96. The summed E-state index contributed by atoms with van der Waals surface area (Å²) in [5.41, 5.74) is -0.346. The summed E-state index contributed by atoms with van der Waals surface area (Å²) in [6.45, 7) is 8.13. The minimum atomic E-state index is -0.741. The third-order valence-electron chi connectivity index (χ3n) is 0.875. The van der Waals surface area contributed by atoms with Crippen molar-refractivity contribution in [2.75, 3.05) is 6.61 Å². The average molecular weight is 141 g/mol. The van der Waals surface area contributed by atoms with Crippen LogP contribution in [0.4, 0.5) is 0 Å². The maximum absolute atomic E-state index is 10.6. The minimum absolute atomic E-state index is 0.229. The van der Waals surface area contributed by atoms with Crippen LogP contribution in [-0.2, 0) is 14.3 Å². The average Bonchev–Trinajstić information content (AvgIpc) is 1.87. The van der Waals surface area contributed by atoms with E-state index in [1.165, 1.54) is 6.92 Å². The molecule has 0 atom stereocenters. The summed E-state index contributed by atoms with van der Waals surface area (Å²) < 4.78 is 4.44. The molecule has 0 spiro atoms. The van der Waals surface area contributed by atoms with Crippen molar-refractivity contribution in [2.24, 2.45) is 0 Å². The van der Waals surface area contributed by atoms with E-state index >= 15 is 0 Å². The predicted octanol–water partition coefficient (Wildman–Crippen LogP) is 0.498. The molecule has 0 fully saturated rings. The Morgan fingerprint density at radius 3 is 2.30 bits per heavy atom. The number of ketones is 1. The van der Waals surface area contributed by atoms with Gasteiger partial charge in [0, 0.05) is 0 Å². The fourth-order valence-corrected chi connectivity index (χ4v) is 0.353. The molecule has 0 N–H and O–H groups in total. The Hall–Kier alpha value is -1.12. The van der Waals surface area contributed by atoms with E-state index in [-0.39, 0.29) is 12.2 Å². The van der Waals surface area contributed by atoms with E-state index in [0.717, 1.165) is 0 Å². The highest BCUT2D eigenvalue weighted by Crippen LogP contribution is 1.94. The fourth-order valence-electron chi connectivity index (χ4n) is 0.353. The zero-order chi connectivity index (χ0) is 8.15. The van der Waals surface area contributed by atoms with E-state index < -0.39 is 11.8 Å². The first-order valence-corrected chi connectivity index (χ1v) is 2.90. The lowest BCUT2D eigenvalue weighted by Gasteiger charge is -1.99. The normalized spacial score (nSPS) is 8.60. The molecule has 0 rings (SSSR count). The molecule has 55 valence electrons. The van der Waals surface area contributed by atoms with Crippen molar-refractivity contribution in [3.8, 4) is 0 Å². The number of esters is 1. The minimum Gasteiger partial charge on any atom is -0.462 e. The molecule has 0 saturated heterocycles. The molecule has 0 amide bonds. The Bertz CT molecular complexity index is 170. The van der Waals surface area contributed by atoms with Crippen LogP contribution < -0.4 is 0 Å². The number of rotatable bonds is 3. The van der Waals surface area contributed by atoms with Crippen molar-refractivity contribution in [3.63, 3.8) is 0 Å². The van der Waals surface area contributed by atoms with Crippen LogP contribution in [0.25, 0.3) is 0 Å². The predicted molar refractivity (Wildman–Crippen MR) is 35.1 cm³/mol. The van der Waals surface area contributed by atoms with Crippen LogP contribution in [0.3, 0.4) is 0 Å². The van der Waals surface area contributed by atoms with Gasteiger partial charge in [0.05, 0.1) is 6.61 Å². The highest BCUT2D eigenvalue weighted by Gasteiger charge is 2.11. The van der Waals surface area contributed by atoms with Gasteiger partial charge in [-0.2, -0.15) is 0 Å². The topological polar surface area (TPSA) is 43.4 Å². The second kappa shape index (κ2) is 3.82. The molecule has 10 heavy (non-hydrogen) atoms. The van der Waals surface area contributed by atoms with Gasteiger partial charge >= 0.3 is 5.97 Å². The van der Waals surface area contributed by atoms with Crippen molar-refractivity contribution in [1.82, 2.24) is 0 Å². The SMILES string of the molecule is [CH]=C(C(C)=O)C(=O)OCC. The van der Waals surface area contributed by atoms with Crippen molar-refractivity contribution >= 4 is 11.8 Å². The molecule has 0 aromatic rings. The largest absolute Gasteiger partial charge is 0.462 e. The number of ether oxygens (including phenoxy) is 1. The first-order valence-electron chi connectivity index (χ1n) is 2.90. The lowest BCUT2D eigenvalue weighted by atomic mass is 10.2. The second-order valence-corrected chi connectivity index (χ2v) is 1.69. The summed E-state index contributed by atoms with van der Waals surface area (Å²) in [5.74, 6) is -1.20. The van der Waals surface area contributed by atoms with E-state index in [9.17, 15) is 9.59 Å². The Labute approximate surface area is 59.7 Å². The van der Waals surface area contributed by atoms with Gasteiger partial charge < -0.3 is 4.74 Å². The van der Waals surface area contributed by atoms with Crippen LogP contribution in [-0.4, -0.2) is 18.4 Å². The van der Waals surface area contributed by atoms with Crippen molar-refractivity contribution < 1.29 is 14.3 Å². The lowest BCUT2D eigenvalue weighted by molar-refractivity contribution is -0.139. The molecular formula is C7H9O3. The quantitative estimate of drug-likeness (QED) is 0.249. The van der Waals surface area contributed by atoms with E-state index in [1.807, 2.05) is 0 Å². The van der Waals surface area contributed by atoms with E-state index in [1.54, 1.807) is 6.92 Å². The molecule has 3 nitrogen and oxygen atoms in total. The molecule has 0 aromatic carbocycles. The molecule has 0 heterocycles. The summed E-state index contributed by atoms with van der Waals surface area (Å²) in [4.78, 5) is 21.0. The molecular weight excluding hydrogens is 132 g/mol. The molecule has 0 unspecified atom stereocenters. The Kier molecular flexibility index (Phi) is 3.39. The number of carbonyl (C=O) groups is 2. The smallest absolute Gasteiger partial charge is 0.341 e. The first kappa shape index (κ1) is 8.88. The fraction of sp³-hybridized carbons (Fsp3) is 0.429. The standard InChI is InChI=1S/C7H9O3/c1-4-10-7(9)5(2)6(3)8/h2H,4H2,1,3H3. The highest BCUT2D eigenvalue weighted by molar-refractivity contribution is 6.15. The van der Waals surface area contributed by atoms with Crippen molar-refractivity contribution in [2.45, 2.75) is 13.8 Å². The van der Waals surface area contributed by atoms with Crippen molar-refractivity contribution in [1.29, 1.82) is 0 Å². The summed E-state index contributed by atoms with van der Waals surface area (Å²) in [6, 6.07) is 0. The van der Waals surface area contributed by atoms with Gasteiger partial charge in [0.2, 0.25) is 0 Å². The van der Waals surface area contributed by atoms with Gasteiger partial charge in [-0.15, -0.1) is 0 Å². The maximum Gasteiger partial charge on any atom is 0.341 e. The maximum atomic E-state index is 10.6. The van der Waals surface area contributed by atoms with E-state index in [4.69, 9.17) is 6.58 Å². The van der Waals surface area contributed by atoms with Crippen LogP contribution in [0.5, 0.6) is 0 Å². The molecule has 0 aliphatic heterocycles. The van der Waals surface area contributed by atoms with Gasteiger partial charge in [0.25, 0.3) is 0 Å². The summed E-state index contributed by atoms with van der Waals surface area (Å²) in [6.07, 6.45) is 0.